The molecule has 2 aliphatic rings. The van der Waals surface area contributed by atoms with Gasteiger partial charge in [0.25, 0.3) is 0 Å². The molecular formula is C12H23NO. The lowest BCUT2D eigenvalue weighted by Crippen LogP contribution is -2.29. The van der Waals surface area contributed by atoms with Gasteiger partial charge in [-0.2, -0.15) is 0 Å². The highest BCUT2D eigenvalue weighted by molar-refractivity contribution is 4.78. The maximum absolute atomic E-state index is 9.47. The fourth-order valence-corrected chi connectivity index (χ4v) is 2.90. The van der Waals surface area contributed by atoms with Crippen LogP contribution in [0.1, 0.15) is 44.9 Å². The zero-order chi connectivity index (χ0) is 9.80. The van der Waals surface area contributed by atoms with Crippen LogP contribution in [0.2, 0.25) is 0 Å². The molecule has 0 amide bonds. The van der Waals surface area contributed by atoms with Gasteiger partial charge in [0.1, 0.15) is 0 Å². The van der Waals surface area contributed by atoms with Crippen LogP contribution in [0.15, 0.2) is 0 Å². The summed E-state index contributed by atoms with van der Waals surface area (Å²) < 4.78 is 0. The molecule has 0 radical (unpaired) electrons. The lowest BCUT2D eigenvalue weighted by atomic mass is 10.1. The van der Waals surface area contributed by atoms with Gasteiger partial charge in [0.05, 0.1) is 6.10 Å². The Balaban J connectivity index is 1.72. The highest BCUT2D eigenvalue weighted by atomic mass is 16.3. The van der Waals surface area contributed by atoms with Crippen molar-refractivity contribution in [3.05, 3.63) is 0 Å². The van der Waals surface area contributed by atoms with E-state index in [-0.39, 0.29) is 6.10 Å². The summed E-state index contributed by atoms with van der Waals surface area (Å²) in [7, 11) is 0. The standard InChI is InChI=1S/C12H23NO/c14-12-6-5-11(9-12)10-13-7-3-1-2-4-8-13/h11-12,14H,1-10H2. The third kappa shape index (κ3) is 2.96. The van der Waals surface area contributed by atoms with Crippen molar-refractivity contribution in [3.8, 4) is 0 Å². The Morgan fingerprint density at radius 3 is 2.29 bits per heavy atom. The molecule has 0 aromatic rings. The molecule has 1 N–H and O–H groups in total. The number of likely N-dealkylation sites (tertiary alicyclic amines) is 1. The third-order valence-corrected chi connectivity index (χ3v) is 3.73. The topological polar surface area (TPSA) is 23.5 Å². The van der Waals surface area contributed by atoms with E-state index < -0.39 is 0 Å². The molecule has 0 bridgehead atoms. The van der Waals surface area contributed by atoms with Gasteiger partial charge in [0.2, 0.25) is 0 Å². The molecule has 2 nitrogen and oxygen atoms in total. The Morgan fingerprint density at radius 1 is 1.00 bits per heavy atom. The largest absolute Gasteiger partial charge is 0.393 e. The van der Waals surface area contributed by atoms with E-state index in [2.05, 4.69) is 4.90 Å². The van der Waals surface area contributed by atoms with Crippen molar-refractivity contribution >= 4 is 0 Å². The van der Waals surface area contributed by atoms with E-state index in [9.17, 15) is 5.11 Å². The third-order valence-electron chi connectivity index (χ3n) is 3.73. The second-order valence-electron chi connectivity index (χ2n) is 5.05. The highest BCUT2D eigenvalue weighted by Crippen LogP contribution is 2.26. The molecule has 0 aromatic heterocycles. The number of aliphatic hydroxyl groups is 1. The van der Waals surface area contributed by atoms with Crippen molar-refractivity contribution in [2.24, 2.45) is 5.92 Å². The molecule has 2 atom stereocenters. The predicted octanol–water partition coefficient (Wildman–Crippen LogP) is 2.02. The Kier molecular flexibility index (Phi) is 3.82. The molecule has 0 aromatic carbocycles. The van der Waals surface area contributed by atoms with Gasteiger partial charge in [-0.25, -0.2) is 0 Å². The van der Waals surface area contributed by atoms with Crippen LogP contribution >= 0.6 is 0 Å². The summed E-state index contributed by atoms with van der Waals surface area (Å²) in [5, 5.41) is 9.47. The molecule has 2 heteroatoms. The summed E-state index contributed by atoms with van der Waals surface area (Å²) >= 11 is 0. The minimum atomic E-state index is 0.00646. The second-order valence-corrected chi connectivity index (χ2v) is 5.05. The van der Waals surface area contributed by atoms with Gasteiger partial charge >= 0.3 is 0 Å². The van der Waals surface area contributed by atoms with Crippen molar-refractivity contribution in [2.45, 2.75) is 51.0 Å². The summed E-state index contributed by atoms with van der Waals surface area (Å²) in [5.74, 6) is 0.781. The lowest BCUT2D eigenvalue weighted by molar-refractivity contribution is 0.168. The van der Waals surface area contributed by atoms with Crippen molar-refractivity contribution in [1.82, 2.24) is 4.90 Å². The average Bonchev–Trinajstić information content (AvgIpc) is 2.43. The number of nitrogens with zero attached hydrogens (tertiary/aromatic N) is 1. The maximum atomic E-state index is 9.47. The smallest absolute Gasteiger partial charge is 0.0543 e. The molecule has 1 saturated heterocycles. The van der Waals surface area contributed by atoms with E-state index in [0.717, 1.165) is 18.8 Å². The summed E-state index contributed by atoms with van der Waals surface area (Å²) in [6.07, 6.45) is 8.96. The average molecular weight is 197 g/mol. The van der Waals surface area contributed by atoms with Gasteiger partial charge < -0.3 is 10.0 Å². The molecule has 1 saturated carbocycles. The molecule has 0 spiro atoms. The quantitative estimate of drug-likeness (QED) is 0.732. The number of hydrogen-bond donors (Lipinski definition) is 1. The number of rotatable bonds is 2. The van der Waals surface area contributed by atoms with Gasteiger partial charge in [-0.05, 0) is 51.1 Å². The maximum Gasteiger partial charge on any atom is 0.0543 e. The SMILES string of the molecule is OC1CCC(CN2CCCCCC2)C1. The van der Waals surface area contributed by atoms with E-state index in [1.54, 1.807) is 0 Å². The molecule has 2 rings (SSSR count). The first-order valence-electron chi connectivity index (χ1n) is 6.25. The summed E-state index contributed by atoms with van der Waals surface area (Å²) in [5.41, 5.74) is 0. The second kappa shape index (κ2) is 5.13. The first-order chi connectivity index (χ1) is 6.84. The van der Waals surface area contributed by atoms with E-state index >= 15 is 0 Å². The fraction of sp³-hybridized carbons (Fsp3) is 1.00. The van der Waals surface area contributed by atoms with Crippen LogP contribution in [0.4, 0.5) is 0 Å². The van der Waals surface area contributed by atoms with Gasteiger partial charge in [0, 0.05) is 6.54 Å². The number of aliphatic hydroxyl groups excluding tert-OH is 1. The molecule has 1 aliphatic heterocycles. The van der Waals surface area contributed by atoms with Crippen molar-refractivity contribution < 1.29 is 5.11 Å². The predicted molar refractivity (Wildman–Crippen MR) is 58.3 cm³/mol. The summed E-state index contributed by atoms with van der Waals surface area (Å²) in [6, 6.07) is 0. The Hall–Kier alpha value is -0.0800. The Labute approximate surface area is 87.3 Å². The van der Waals surface area contributed by atoms with E-state index in [1.165, 1.54) is 51.7 Å². The van der Waals surface area contributed by atoms with Crippen LogP contribution in [0.5, 0.6) is 0 Å². The van der Waals surface area contributed by atoms with E-state index in [4.69, 9.17) is 0 Å². The van der Waals surface area contributed by atoms with Crippen LogP contribution in [0, 0.1) is 5.92 Å². The van der Waals surface area contributed by atoms with Crippen molar-refractivity contribution in [1.29, 1.82) is 0 Å². The fourth-order valence-electron chi connectivity index (χ4n) is 2.90. The molecular weight excluding hydrogens is 174 g/mol. The summed E-state index contributed by atoms with van der Waals surface area (Å²) in [6.45, 7) is 3.84. The van der Waals surface area contributed by atoms with Crippen LogP contribution in [-0.4, -0.2) is 35.7 Å². The van der Waals surface area contributed by atoms with Gasteiger partial charge in [-0.3, -0.25) is 0 Å². The van der Waals surface area contributed by atoms with Crippen LogP contribution in [0.25, 0.3) is 0 Å². The first-order valence-corrected chi connectivity index (χ1v) is 6.25. The zero-order valence-electron chi connectivity index (χ0n) is 9.12. The molecule has 82 valence electrons. The van der Waals surface area contributed by atoms with E-state index in [0.29, 0.717) is 0 Å². The minimum absolute atomic E-state index is 0.00646. The number of hydrogen-bond acceptors (Lipinski definition) is 2. The van der Waals surface area contributed by atoms with Gasteiger partial charge in [-0.1, -0.05) is 12.8 Å². The molecule has 1 aliphatic carbocycles. The Bertz CT molecular complexity index is 164. The first kappa shape index (κ1) is 10.4. The zero-order valence-corrected chi connectivity index (χ0v) is 9.12. The van der Waals surface area contributed by atoms with Crippen molar-refractivity contribution in [3.63, 3.8) is 0 Å². The van der Waals surface area contributed by atoms with Crippen LogP contribution < -0.4 is 0 Å². The van der Waals surface area contributed by atoms with Gasteiger partial charge in [-0.15, -0.1) is 0 Å². The summed E-state index contributed by atoms with van der Waals surface area (Å²) in [4.78, 5) is 2.62. The molecule has 1 heterocycles. The molecule has 2 fully saturated rings. The molecule has 2 unspecified atom stereocenters. The monoisotopic (exact) mass is 197 g/mol. The molecule has 14 heavy (non-hydrogen) atoms. The van der Waals surface area contributed by atoms with E-state index in [1.807, 2.05) is 0 Å². The normalized spacial score (nSPS) is 35.8. The Morgan fingerprint density at radius 2 is 1.71 bits per heavy atom. The highest BCUT2D eigenvalue weighted by Gasteiger charge is 2.24. The van der Waals surface area contributed by atoms with Crippen molar-refractivity contribution in [2.75, 3.05) is 19.6 Å². The lowest BCUT2D eigenvalue weighted by Gasteiger charge is -2.23. The minimum Gasteiger partial charge on any atom is -0.393 e. The van der Waals surface area contributed by atoms with Gasteiger partial charge in [0.15, 0.2) is 0 Å². The van der Waals surface area contributed by atoms with Crippen LogP contribution in [-0.2, 0) is 0 Å². The van der Waals surface area contributed by atoms with Crippen LogP contribution in [0.3, 0.4) is 0 Å².